The third-order valence-corrected chi connectivity index (χ3v) is 3.72. The topological polar surface area (TPSA) is 42.2 Å². The van der Waals surface area contributed by atoms with Gasteiger partial charge in [-0.25, -0.2) is 4.39 Å². The van der Waals surface area contributed by atoms with Crippen LogP contribution in [-0.2, 0) is 6.42 Å². The van der Waals surface area contributed by atoms with E-state index in [1.807, 2.05) is 12.1 Å². The van der Waals surface area contributed by atoms with Gasteiger partial charge < -0.3 is 9.32 Å². The van der Waals surface area contributed by atoms with Crippen molar-refractivity contribution < 1.29 is 8.81 Å². The van der Waals surface area contributed by atoms with Gasteiger partial charge in [-0.05, 0) is 30.5 Å². The molecule has 1 aromatic heterocycles. The van der Waals surface area contributed by atoms with Crippen LogP contribution in [0, 0.1) is 5.82 Å². The van der Waals surface area contributed by atoms with Gasteiger partial charge in [-0.15, -0.1) is 5.10 Å². The average molecular weight is 275 g/mol. The van der Waals surface area contributed by atoms with Gasteiger partial charge in [0, 0.05) is 25.4 Å². The molecule has 5 heteroatoms. The van der Waals surface area contributed by atoms with Crippen molar-refractivity contribution in [3.05, 3.63) is 41.5 Å². The zero-order valence-corrected chi connectivity index (χ0v) is 11.6. The Kier molecular flexibility index (Phi) is 3.67. The average Bonchev–Trinajstić information content (AvgIpc) is 3.08. The van der Waals surface area contributed by atoms with Crippen molar-refractivity contribution in [2.45, 2.75) is 32.1 Å². The molecule has 1 atom stereocenters. The second-order valence-corrected chi connectivity index (χ2v) is 5.21. The summed E-state index contributed by atoms with van der Waals surface area (Å²) in [5, 5.41) is 8.16. The first-order valence-corrected chi connectivity index (χ1v) is 7.09. The number of benzene rings is 1. The predicted octanol–water partition coefficient (Wildman–Crippen LogP) is 3.16. The van der Waals surface area contributed by atoms with Crippen molar-refractivity contribution in [2.75, 3.05) is 18.0 Å². The Labute approximate surface area is 117 Å². The number of hydrogen-bond acceptors (Lipinski definition) is 4. The molecular weight excluding hydrogens is 257 g/mol. The van der Waals surface area contributed by atoms with Gasteiger partial charge in [0.25, 0.3) is 0 Å². The highest BCUT2D eigenvalue weighted by molar-refractivity contribution is 5.32. The summed E-state index contributed by atoms with van der Waals surface area (Å²) in [5.74, 6) is 0.912. The minimum absolute atomic E-state index is 0.190. The molecule has 0 unspecified atom stereocenters. The number of aromatic nitrogens is 2. The summed E-state index contributed by atoms with van der Waals surface area (Å²) in [5.41, 5.74) is 1.17. The van der Waals surface area contributed by atoms with Crippen molar-refractivity contribution in [3.63, 3.8) is 0 Å². The first-order chi connectivity index (χ1) is 9.76. The Bertz CT molecular complexity index is 567. The maximum absolute atomic E-state index is 12.9. The molecule has 1 aliphatic heterocycles. The monoisotopic (exact) mass is 275 g/mol. The zero-order chi connectivity index (χ0) is 13.9. The molecule has 1 aromatic carbocycles. The van der Waals surface area contributed by atoms with Crippen LogP contribution in [0.4, 0.5) is 10.4 Å². The first kappa shape index (κ1) is 13.1. The molecule has 0 spiro atoms. The van der Waals surface area contributed by atoms with Crippen LogP contribution in [0.1, 0.15) is 37.1 Å². The first-order valence-electron chi connectivity index (χ1n) is 7.09. The molecule has 0 N–H and O–H groups in total. The van der Waals surface area contributed by atoms with E-state index in [9.17, 15) is 4.39 Å². The molecule has 2 aromatic rings. The standard InChI is InChI=1S/C15H18FN3O/c1-2-3-14-17-18-15(20-14)19-9-8-12(10-19)11-4-6-13(16)7-5-11/h4-7,12H,2-3,8-10H2,1H3/t12-/m0/s1. The third-order valence-electron chi connectivity index (χ3n) is 3.72. The molecule has 0 amide bonds. The lowest BCUT2D eigenvalue weighted by Gasteiger charge is -2.13. The summed E-state index contributed by atoms with van der Waals surface area (Å²) in [4.78, 5) is 2.11. The lowest BCUT2D eigenvalue weighted by atomic mass is 9.99. The van der Waals surface area contributed by atoms with Crippen LogP contribution in [0.15, 0.2) is 28.7 Å². The fourth-order valence-corrected chi connectivity index (χ4v) is 2.63. The summed E-state index contributed by atoms with van der Waals surface area (Å²) in [6.07, 6.45) is 2.85. The number of aryl methyl sites for hydroxylation is 1. The highest BCUT2D eigenvalue weighted by Gasteiger charge is 2.27. The van der Waals surface area contributed by atoms with E-state index in [4.69, 9.17) is 4.42 Å². The molecule has 1 saturated heterocycles. The number of nitrogens with zero attached hydrogens (tertiary/aromatic N) is 3. The minimum Gasteiger partial charge on any atom is -0.408 e. The van der Waals surface area contributed by atoms with Crippen molar-refractivity contribution >= 4 is 6.01 Å². The fraction of sp³-hybridized carbons (Fsp3) is 0.467. The van der Waals surface area contributed by atoms with Crippen LogP contribution in [0.25, 0.3) is 0 Å². The van der Waals surface area contributed by atoms with Gasteiger partial charge in [0.05, 0.1) is 0 Å². The Balaban J connectivity index is 1.68. The van der Waals surface area contributed by atoms with E-state index in [1.165, 1.54) is 17.7 Å². The van der Waals surface area contributed by atoms with Crippen molar-refractivity contribution in [1.82, 2.24) is 10.2 Å². The normalized spacial score (nSPS) is 18.7. The van der Waals surface area contributed by atoms with Crippen molar-refractivity contribution in [2.24, 2.45) is 0 Å². The predicted molar refractivity (Wildman–Crippen MR) is 74.3 cm³/mol. The number of rotatable bonds is 4. The minimum atomic E-state index is -0.190. The van der Waals surface area contributed by atoms with Gasteiger partial charge in [0.15, 0.2) is 0 Å². The van der Waals surface area contributed by atoms with E-state index in [-0.39, 0.29) is 5.82 Å². The lowest BCUT2D eigenvalue weighted by molar-refractivity contribution is 0.486. The molecule has 1 aliphatic rings. The van der Waals surface area contributed by atoms with E-state index in [0.29, 0.717) is 17.8 Å². The second-order valence-electron chi connectivity index (χ2n) is 5.21. The van der Waals surface area contributed by atoms with Gasteiger partial charge >= 0.3 is 6.01 Å². The maximum atomic E-state index is 12.9. The molecular formula is C15H18FN3O. The highest BCUT2D eigenvalue weighted by atomic mass is 19.1. The molecule has 0 radical (unpaired) electrons. The molecule has 3 rings (SSSR count). The van der Waals surface area contributed by atoms with Crippen molar-refractivity contribution in [3.8, 4) is 0 Å². The molecule has 4 nitrogen and oxygen atoms in total. The lowest BCUT2D eigenvalue weighted by Crippen LogP contribution is -2.19. The molecule has 106 valence electrons. The van der Waals surface area contributed by atoms with Crippen LogP contribution in [0.2, 0.25) is 0 Å². The maximum Gasteiger partial charge on any atom is 0.318 e. The van der Waals surface area contributed by atoms with Crippen LogP contribution >= 0.6 is 0 Å². The zero-order valence-electron chi connectivity index (χ0n) is 11.6. The van der Waals surface area contributed by atoms with Gasteiger partial charge in [-0.1, -0.05) is 24.2 Å². The Morgan fingerprint density at radius 2 is 2.10 bits per heavy atom. The number of hydrogen-bond donors (Lipinski definition) is 0. The highest BCUT2D eigenvalue weighted by Crippen LogP contribution is 2.30. The summed E-state index contributed by atoms with van der Waals surface area (Å²) in [7, 11) is 0. The SMILES string of the molecule is CCCc1nnc(N2CC[C@H](c3ccc(F)cc3)C2)o1. The molecule has 1 fully saturated rings. The summed E-state index contributed by atoms with van der Waals surface area (Å²) >= 11 is 0. The van der Waals surface area contributed by atoms with Crippen LogP contribution in [0.5, 0.6) is 0 Å². The Morgan fingerprint density at radius 1 is 1.30 bits per heavy atom. The van der Waals surface area contributed by atoms with E-state index in [1.54, 1.807) is 0 Å². The Hall–Kier alpha value is -1.91. The quantitative estimate of drug-likeness (QED) is 0.859. The van der Waals surface area contributed by atoms with Gasteiger partial charge in [0.1, 0.15) is 5.82 Å². The van der Waals surface area contributed by atoms with E-state index >= 15 is 0 Å². The van der Waals surface area contributed by atoms with E-state index in [0.717, 1.165) is 32.4 Å². The number of halogens is 1. The Morgan fingerprint density at radius 3 is 2.85 bits per heavy atom. The molecule has 2 heterocycles. The van der Waals surface area contributed by atoms with Gasteiger partial charge in [0.2, 0.25) is 5.89 Å². The summed E-state index contributed by atoms with van der Waals surface area (Å²) in [6.45, 7) is 3.83. The van der Waals surface area contributed by atoms with E-state index in [2.05, 4.69) is 22.0 Å². The fourth-order valence-electron chi connectivity index (χ4n) is 2.63. The number of anilines is 1. The van der Waals surface area contributed by atoms with Crippen LogP contribution in [-0.4, -0.2) is 23.3 Å². The molecule has 0 bridgehead atoms. The van der Waals surface area contributed by atoms with Gasteiger partial charge in [-0.3, -0.25) is 0 Å². The molecule has 0 saturated carbocycles. The summed E-state index contributed by atoms with van der Waals surface area (Å²) < 4.78 is 18.6. The molecule has 20 heavy (non-hydrogen) atoms. The second kappa shape index (κ2) is 5.61. The van der Waals surface area contributed by atoms with Crippen LogP contribution < -0.4 is 4.90 Å². The van der Waals surface area contributed by atoms with E-state index < -0.39 is 0 Å². The van der Waals surface area contributed by atoms with Gasteiger partial charge in [-0.2, -0.15) is 0 Å². The van der Waals surface area contributed by atoms with Crippen LogP contribution in [0.3, 0.4) is 0 Å². The smallest absolute Gasteiger partial charge is 0.318 e. The third kappa shape index (κ3) is 2.66. The largest absolute Gasteiger partial charge is 0.408 e. The van der Waals surface area contributed by atoms with Crippen molar-refractivity contribution in [1.29, 1.82) is 0 Å². The molecule has 0 aliphatic carbocycles. The summed E-state index contributed by atoms with van der Waals surface area (Å²) in [6, 6.07) is 7.37.